The summed E-state index contributed by atoms with van der Waals surface area (Å²) in [5.74, 6) is -0.305. The van der Waals surface area contributed by atoms with E-state index in [9.17, 15) is 14.0 Å². The van der Waals surface area contributed by atoms with Gasteiger partial charge in [0.25, 0.3) is 5.91 Å². The van der Waals surface area contributed by atoms with Crippen LogP contribution in [0.15, 0.2) is 47.4 Å². The first kappa shape index (κ1) is 20.0. The van der Waals surface area contributed by atoms with Gasteiger partial charge >= 0.3 is 0 Å². The van der Waals surface area contributed by atoms with Crippen molar-refractivity contribution in [1.82, 2.24) is 9.80 Å². The average Bonchev–Trinajstić information content (AvgIpc) is 3.06. The lowest BCUT2D eigenvalue weighted by atomic mass is 10.1. The third-order valence-electron chi connectivity index (χ3n) is 5.67. The summed E-state index contributed by atoms with van der Waals surface area (Å²) in [5.41, 5.74) is 2.95. The second kappa shape index (κ2) is 8.99. The molecule has 1 saturated heterocycles. The van der Waals surface area contributed by atoms with Crippen LogP contribution in [0.5, 0.6) is 0 Å². The van der Waals surface area contributed by atoms with E-state index in [2.05, 4.69) is 18.2 Å². The van der Waals surface area contributed by atoms with Crippen molar-refractivity contribution in [3.05, 3.63) is 65.0 Å². The molecular weight excluding hydrogens is 387 g/mol. The Hall–Kier alpha value is -2.34. The molecule has 29 heavy (non-hydrogen) atoms. The highest BCUT2D eigenvalue weighted by Gasteiger charge is 2.24. The fourth-order valence-corrected chi connectivity index (χ4v) is 4.91. The molecule has 1 fully saturated rings. The maximum absolute atomic E-state index is 13.9. The second-order valence-corrected chi connectivity index (χ2v) is 8.63. The largest absolute Gasteiger partial charge is 0.340 e. The summed E-state index contributed by atoms with van der Waals surface area (Å²) in [4.78, 5) is 30.0. The Morgan fingerprint density at radius 2 is 1.66 bits per heavy atom. The van der Waals surface area contributed by atoms with Crippen LogP contribution in [0.2, 0.25) is 0 Å². The van der Waals surface area contributed by atoms with Gasteiger partial charge in [-0.1, -0.05) is 18.2 Å². The quantitative estimate of drug-likeness (QED) is 0.718. The Labute approximate surface area is 175 Å². The van der Waals surface area contributed by atoms with Crippen molar-refractivity contribution >= 4 is 23.6 Å². The van der Waals surface area contributed by atoms with Crippen molar-refractivity contribution in [3.63, 3.8) is 0 Å². The van der Waals surface area contributed by atoms with Crippen molar-refractivity contribution in [2.45, 2.75) is 30.6 Å². The number of nitrogens with zero attached hydrogens (tertiary/aromatic N) is 2. The minimum Gasteiger partial charge on any atom is -0.340 e. The van der Waals surface area contributed by atoms with Crippen LogP contribution >= 0.6 is 11.8 Å². The van der Waals surface area contributed by atoms with E-state index in [1.807, 2.05) is 4.90 Å². The molecule has 2 aliphatic rings. The number of carbonyl (C=O) groups is 2. The maximum Gasteiger partial charge on any atom is 0.256 e. The highest BCUT2D eigenvalue weighted by molar-refractivity contribution is 8.00. The third kappa shape index (κ3) is 4.64. The minimum atomic E-state index is -0.500. The molecule has 2 aromatic rings. The fourth-order valence-electron chi connectivity index (χ4n) is 4.05. The fraction of sp³-hybridized carbons (Fsp3) is 0.391. The lowest BCUT2D eigenvalue weighted by molar-refractivity contribution is -0.128. The van der Waals surface area contributed by atoms with Gasteiger partial charge in [-0.25, -0.2) is 4.39 Å². The van der Waals surface area contributed by atoms with Gasteiger partial charge in [0.15, 0.2) is 0 Å². The molecule has 0 spiro atoms. The van der Waals surface area contributed by atoms with Gasteiger partial charge in [0.2, 0.25) is 5.91 Å². The summed E-state index contributed by atoms with van der Waals surface area (Å²) in [7, 11) is 0. The molecule has 0 bridgehead atoms. The van der Waals surface area contributed by atoms with E-state index in [4.69, 9.17) is 0 Å². The molecule has 0 N–H and O–H groups in total. The summed E-state index contributed by atoms with van der Waals surface area (Å²) in [6.45, 7) is 2.09. The second-order valence-electron chi connectivity index (χ2n) is 7.58. The predicted molar refractivity (Wildman–Crippen MR) is 113 cm³/mol. The Balaban J connectivity index is 1.31. The number of hydrogen-bond donors (Lipinski definition) is 0. The summed E-state index contributed by atoms with van der Waals surface area (Å²) in [6, 6.07) is 12.6. The van der Waals surface area contributed by atoms with Gasteiger partial charge in [0, 0.05) is 31.1 Å². The van der Waals surface area contributed by atoms with Crippen LogP contribution in [0.1, 0.15) is 34.3 Å². The van der Waals surface area contributed by atoms with Gasteiger partial charge in [-0.2, -0.15) is 0 Å². The van der Waals surface area contributed by atoms with E-state index < -0.39 is 5.82 Å². The molecule has 2 amide bonds. The number of benzene rings is 2. The number of thioether (sulfide) groups is 1. The van der Waals surface area contributed by atoms with Crippen LogP contribution in [-0.4, -0.2) is 53.5 Å². The van der Waals surface area contributed by atoms with Crippen molar-refractivity contribution in [2.24, 2.45) is 0 Å². The number of halogens is 1. The van der Waals surface area contributed by atoms with E-state index in [0.29, 0.717) is 38.4 Å². The lowest BCUT2D eigenvalue weighted by Gasteiger charge is -2.22. The summed E-state index contributed by atoms with van der Waals surface area (Å²) in [6.07, 6.45) is 4.22. The van der Waals surface area contributed by atoms with Crippen LogP contribution in [-0.2, 0) is 17.6 Å². The first-order valence-electron chi connectivity index (χ1n) is 10.2. The van der Waals surface area contributed by atoms with Crippen molar-refractivity contribution in [3.8, 4) is 0 Å². The van der Waals surface area contributed by atoms with Gasteiger partial charge in [-0.3, -0.25) is 9.59 Å². The molecule has 6 heteroatoms. The van der Waals surface area contributed by atoms with Crippen molar-refractivity contribution in [1.29, 1.82) is 0 Å². The molecule has 1 aliphatic heterocycles. The molecule has 2 aromatic carbocycles. The summed E-state index contributed by atoms with van der Waals surface area (Å²) >= 11 is 1.58. The number of amides is 2. The molecule has 1 heterocycles. The molecule has 0 saturated carbocycles. The molecule has 152 valence electrons. The van der Waals surface area contributed by atoms with Gasteiger partial charge in [-0.15, -0.1) is 11.8 Å². The topological polar surface area (TPSA) is 40.6 Å². The number of rotatable bonds is 4. The van der Waals surface area contributed by atoms with E-state index >= 15 is 0 Å². The first-order chi connectivity index (χ1) is 14.1. The standard InChI is InChI=1S/C23H25FN2O2S/c24-21-8-2-1-7-20(21)23(28)26-12-4-11-25(13-14-26)22(27)16-29-19-10-9-17-5-3-6-18(17)15-19/h1-2,7-10,15H,3-6,11-14,16H2. The maximum atomic E-state index is 13.9. The van der Waals surface area contributed by atoms with Crippen LogP contribution in [0.3, 0.4) is 0 Å². The van der Waals surface area contributed by atoms with Crippen LogP contribution < -0.4 is 0 Å². The van der Waals surface area contributed by atoms with E-state index in [-0.39, 0.29) is 17.4 Å². The van der Waals surface area contributed by atoms with Crippen LogP contribution in [0.4, 0.5) is 4.39 Å². The van der Waals surface area contributed by atoms with Gasteiger partial charge < -0.3 is 9.80 Å². The SMILES string of the molecule is O=C(CSc1ccc2c(c1)CCC2)N1CCCN(C(=O)c2ccccc2F)CC1. The smallest absolute Gasteiger partial charge is 0.256 e. The number of fused-ring (bicyclic) bond motifs is 1. The van der Waals surface area contributed by atoms with E-state index in [0.717, 1.165) is 17.7 Å². The molecule has 0 radical (unpaired) electrons. The van der Waals surface area contributed by atoms with Crippen LogP contribution in [0.25, 0.3) is 0 Å². The molecule has 0 unspecified atom stereocenters. The summed E-state index contributed by atoms with van der Waals surface area (Å²) in [5, 5.41) is 0. The Bertz CT molecular complexity index is 918. The first-order valence-corrected chi connectivity index (χ1v) is 11.2. The number of aryl methyl sites for hydroxylation is 2. The van der Waals surface area contributed by atoms with Crippen molar-refractivity contribution < 1.29 is 14.0 Å². The van der Waals surface area contributed by atoms with Crippen molar-refractivity contribution in [2.75, 3.05) is 31.9 Å². The zero-order valence-electron chi connectivity index (χ0n) is 16.4. The lowest BCUT2D eigenvalue weighted by Crippen LogP contribution is -2.38. The zero-order chi connectivity index (χ0) is 20.2. The number of carbonyl (C=O) groups excluding carboxylic acids is 2. The highest BCUT2D eigenvalue weighted by atomic mass is 32.2. The third-order valence-corrected chi connectivity index (χ3v) is 6.65. The minimum absolute atomic E-state index is 0.0932. The number of hydrogen-bond acceptors (Lipinski definition) is 3. The Morgan fingerprint density at radius 1 is 0.897 bits per heavy atom. The van der Waals surface area contributed by atoms with Gasteiger partial charge in [0.1, 0.15) is 5.82 Å². The molecular formula is C23H25FN2O2S. The molecule has 1 aliphatic carbocycles. The van der Waals surface area contributed by atoms with Gasteiger partial charge in [-0.05, 0) is 61.1 Å². The summed E-state index contributed by atoms with van der Waals surface area (Å²) < 4.78 is 13.9. The molecule has 4 rings (SSSR count). The van der Waals surface area contributed by atoms with Gasteiger partial charge in [0.05, 0.1) is 11.3 Å². The molecule has 4 nitrogen and oxygen atoms in total. The van der Waals surface area contributed by atoms with E-state index in [1.165, 1.54) is 29.7 Å². The molecule has 0 aromatic heterocycles. The Kier molecular flexibility index (Phi) is 6.19. The van der Waals surface area contributed by atoms with E-state index in [1.54, 1.807) is 28.8 Å². The highest BCUT2D eigenvalue weighted by Crippen LogP contribution is 2.27. The predicted octanol–water partition coefficient (Wildman–Crippen LogP) is 3.78. The molecule has 0 atom stereocenters. The normalized spacial score (nSPS) is 16.4. The van der Waals surface area contributed by atoms with Crippen LogP contribution in [0, 0.1) is 5.82 Å². The monoisotopic (exact) mass is 412 g/mol. The average molecular weight is 413 g/mol. The zero-order valence-corrected chi connectivity index (χ0v) is 17.2. The Morgan fingerprint density at radius 3 is 2.52 bits per heavy atom.